The van der Waals surface area contributed by atoms with E-state index in [9.17, 15) is 0 Å². The normalized spacial score (nSPS) is 13.3. The molecule has 0 aliphatic heterocycles. The van der Waals surface area contributed by atoms with Crippen LogP contribution in [0.2, 0.25) is 0 Å². The van der Waals surface area contributed by atoms with Crippen LogP contribution >= 0.6 is 11.3 Å². The van der Waals surface area contributed by atoms with Gasteiger partial charge in [-0.15, -0.1) is 11.3 Å². The van der Waals surface area contributed by atoms with Crippen molar-refractivity contribution in [3.05, 3.63) is 205 Å². The molecular formula is C59H38S. The molecule has 1 heterocycles. The maximum atomic E-state index is 2.44. The highest BCUT2D eigenvalue weighted by atomic mass is 32.1. The van der Waals surface area contributed by atoms with E-state index in [4.69, 9.17) is 0 Å². The first-order chi connectivity index (χ1) is 29.5. The van der Waals surface area contributed by atoms with Crippen molar-refractivity contribution in [1.82, 2.24) is 0 Å². The van der Waals surface area contributed by atoms with E-state index in [2.05, 4.69) is 208 Å². The maximum absolute atomic E-state index is 2.44. The van der Waals surface area contributed by atoms with Gasteiger partial charge in [0.05, 0.1) is 0 Å². The lowest BCUT2D eigenvalue weighted by Gasteiger charge is -2.21. The predicted molar refractivity (Wildman–Crippen MR) is 261 cm³/mol. The van der Waals surface area contributed by atoms with E-state index in [0.29, 0.717) is 0 Å². The van der Waals surface area contributed by atoms with Gasteiger partial charge in [0.1, 0.15) is 0 Å². The van der Waals surface area contributed by atoms with Crippen LogP contribution < -0.4 is 0 Å². The van der Waals surface area contributed by atoms with Crippen molar-refractivity contribution in [2.24, 2.45) is 0 Å². The Morgan fingerprint density at radius 1 is 0.317 bits per heavy atom. The monoisotopic (exact) mass is 778 g/mol. The van der Waals surface area contributed by atoms with Gasteiger partial charge in [-0.3, -0.25) is 0 Å². The molecule has 0 nitrogen and oxygen atoms in total. The van der Waals surface area contributed by atoms with Crippen LogP contribution in [0, 0.1) is 0 Å². The zero-order valence-electron chi connectivity index (χ0n) is 33.4. The molecule has 0 atom stereocenters. The fourth-order valence-corrected chi connectivity index (χ4v) is 12.0. The Kier molecular flexibility index (Phi) is 7.04. The van der Waals surface area contributed by atoms with E-state index in [1.165, 1.54) is 130 Å². The van der Waals surface area contributed by atoms with E-state index in [-0.39, 0.29) is 5.41 Å². The number of fused-ring (bicyclic) bond motifs is 12. The Labute approximate surface area is 352 Å². The summed E-state index contributed by atoms with van der Waals surface area (Å²) in [4.78, 5) is 0. The Balaban J connectivity index is 1.01. The second kappa shape index (κ2) is 12.5. The number of thiophene rings is 1. The third kappa shape index (κ3) is 4.67. The van der Waals surface area contributed by atoms with E-state index in [0.717, 1.165) is 0 Å². The first-order valence-electron chi connectivity index (χ1n) is 21.0. The molecule has 1 aliphatic carbocycles. The lowest BCUT2D eigenvalue weighted by molar-refractivity contribution is 0.662. The standard InChI is InChI=1S/C59H38S/c1-59(2)51-30-31-53-58(57(51)50-32-36-15-3-4-16-37(36)33-52(50)59)49-27-26-38(34-54(49)60-53)40-28-29-48(42-20-8-7-19-41(40)42)56-46-23-11-9-21-44(46)55(45-22-10-12-24-47(45)56)43-25-13-17-35-14-5-6-18-39(35)43/h3-34H,1-2H3. The van der Waals surface area contributed by atoms with Gasteiger partial charge < -0.3 is 0 Å². The van der Waals surface area contributed by atoms with E-state index in [1.807, 2.05) is 11.3 Å². The van der Waals surface area contributed by atoms with Crippen LogP contribution in [-0.2, 0) is 5.41 Å². The van der Waals surface area contributed by atoms with Crippen LogP contribution in [0.3, 0.4) is 0 Å². The Bertz CT molecular complexity index is 3740. The third-order valence-corrected chi connectivity index (χ3v) is 14.8. The first-order valence-corrected chi connectivity index (χ1v) is 21.8. The third-order valence-electron chi connectivity index (χ3n) is 13.6. The molecule has 280 valence electrons. The number of hydrogen-bond acceptors (Lipinski definition) is 1. The minimum atomic E-state index is -0.0648. The molecule has 0 saturated carbocycles. The summed E-state index contributed by atoms with van der Waals surface area (Å²) in [5.41, 5.74) is 13.2. The first kappa shape index (κ1) is 33.9. The lowest BCUT2D eigenvalue weighted by Crippen LogP contribution is -2.14. The molecule has 0 N–H and O–H groups in total. The highest BCUT2D eigenvalue weighted by Crippen LogP contribution is 2.55. The summed E-state index contributed by atoms with van der Waals surface area (Å²) in [6.07, 6.45) is 0. The van der Waals surface area contributed by atoms with E-state index >= 15 is 0 Å². The van der Waals surface area contributed by atoms with Gasteiger partial charge in [0.15, 0.2) is 0 Å². The van der Waals surface area contributed by atoms with Crippen LogP contribution in [0.1, 0.15) is 25.0 Å². The second-order valence-electron chi connectivity index (χ2n) is 17.1. The summed E-state index contributed by atoms with van der Waals surface area (Å²) in [6.45, 7) is 4.79. The van der Waals surface area contributed by atoms with Gasteiger partial charge in [-0.1, -0.05) is 184 Å². The zero-order valence-corrected chi connectivity index (χ0v) is 34.2. The smallest absolute Gasteiger partial charge is 0.0361 e. The fraction of sp³-hybridized carbons (Fsp3) is 0.0508. The second-order valence-corrected chi connectivity index (χ2v) is 18.2. The van der Waals surface area contributed by atoms with Crippen molar-refractivity contribution < 1.29 is 0 Å². The SMILES string of the molecule is CC1(C)c2cc3ccccc3cc2-c2c1ccc1sc3cc(-c4ccc(-c5c6ccccc6c(-c6cccc7ccccc67)c6ccccc56)c5ccccc45)ccc3c21. The molecule has 0 unspecified atom stereocenters. The van der Waals surface area contributed by atoms with Crippen LogP contribution in [0.15, 0.2) is 194 Å². The molecule has 0 bridgehead atoms. The number of benzene rings is 11. The zero-order chi connectivity index (χ0) is 39.7. The summed E-state index contributed by atoms with van der Waals surface area (Å²) in [6, 6.07) is 73.0. The quantitative estimate of drug-likeness (QED) is 0.157. The Morgan fingerprint density at radius 3 is 1.53 bits per heavy atom. The van der Waals surface area contributed by atoms with Crippen LogP contribution in [-0.4, -0.2) is 0 Å². The van der Waals surface area contributed by atoms with Crippen LogP contribution in [0.4, 0.5) is 0 Å². The molecule has 0 radical (unpaired) electrons. The summed E-state index contributed by atoms with van der Waals surface area (Å²) in [7, 11) is 0. The molecule has 0 saturated heterocycles. The molecule has 0 fully saturated rings. The molecule has 1 heteroatoms. The Morgan fingerprint density at radius 2 is 0.850 bits per heavy atom. The van der Waals surface area contributed by atoms with Gasteiger partial charge in [0.2, 0.25) is 0 Å². The van der Waals surface area contributed by atoms with E-state index < -0.39 is 0 Å². The number of rotatable bonds is 3. The fourth-order valence-electron chi connectivity index (χ4n) is 10.9. The maximum Gasteiger partial charge on any atom is 0.0361 e. The van der Waals surface area contributed by atoms with Crippen molar-refractivity contribution in [2.45, 2.75) is 19.3 Å². The van der Waals surface area contributed by atoms with Gasteiger partial charge >= 0.3 is 0 Å². The molecule has 1 aromatic heterocycles. The van der Waals surface area contributed by atoms with Gasteiger partial charge in [-0.05, 0) is 134 Å². The highest BCUT2D eigenvalue weighted by Gasteiger charge is 2.37. The van der Waals surface area contributed by atoms with Crippen LogP contribution in [0.5, 0.6) is 0 Å². The molecule has 60 heavy (non-hydrogen) atoms. The summed E-state index contributed by atoms with van der Waals surface area (Å²) in [5.74, 6) is 0. The Hall–Kier alpha value is -7.06. The molecule has 1 aliphatic rings. The van der Waals surface area contributed by atoms with Gasteiger partial charge in [0.25, 0.3) is 0 Å². The van der Waals surface area contributed by atoms with Crippen molar-refractivity contribution >= 4 is 85.4 Å². The topological polar surface area (TPSA) is 0 Å². The summed E-state index contributed by atoms with van der Waals surface area (Å²) >= 11 is 1.92. The highest BCUT2D eigenvalue weighted by molar-refractivity contribution is 7.26. The van der Waals surface area contributed by atoms with Crippen molar-refractivity contribution in [3.8, 4) is 44.5 Å². The average molecular weight is 779 g/mol. The minimum Gasteiger partial charge on any atom is -0.135 e. The molecule has 12 aromatic rings. The molecule has 0 spiro atoms. The molecular weight excluding hydrogens is 741 g/mol. The molecule has 13 rings (SSSR count). The lowest BCUT2D eigenvalue weighted by atomic mass is 9.81. The van der Waals surface area contributed by atoms with Gasteiger partial charge in [-0.25, -0.2) is 0 Å². The van der Waals surface area contributed by atoms with E-state index in [1.54, 1.807) is 0 Å². The predicted octanol–water partition coefficient (Wildman–Crippen LogP) is 17.1. The number of hydrogen-bond donors (Lipinski definition) is 0. The van der Waals surface area contributed by atoms with Crippen molar-refractivity contribution in [3.63, 3.8) is 0 Å². The average Bonchev–Trinajstić information content (AvgIpc) is 3.77. The van der Waals surface area contributed by atoms with Gasteiger partial charge in [0, 0.05) is 25.6 Å². The minimum absolute atomic E-state index is 0.0648. The molecule has 0 amide bonds. The molecule has 11 aromatic carbocycles. The van der Waals surface area contributed by atoms with Crippen molar-refractivity contribution in [1.29, 1.82) is 0 Å². The summed E-state index contributed by atoms with van der Waals surface area (Å²) < 4.78 is 2.68. The van der Waals surface area contributed by atoms with Gasteiger partial charge in [-0.2, -0.15) is 0 Å². The van der Waals surface area contributed by atoms with Crippen molar-refractivity contribution in [2.75, 3.05) is 0 Å². The summed E-state index contributed by atoms with van der Waals surface area (Å²) in [5, 5.41) is 15.5. The largest absolute Gasteiger partial charge is 0.135 e. The van der Waals surface area contributed by atoms with Crippen LogP contribution in [0.25, 0.3) is 119 Å².